The maximum Gasteiger partial charge on any atom is 0.259 e. The Kier molecular flexibility index (Phi) is 9.81. The Bertz CT molecular complexity index is 2370. The van der Waals surface area contributed by atoms with Crippen molar-refractivity contribution in [2.45, 2.75) is 97.3 Å². The van der Waals surface area contributed by atoms with E-state index in [4.69, 9.17) is 39.2 Å². The van der Waals surface area contributed by atoms with Crippen molar-refractivity contribution in [3.05, 3.63) is 112 Å². The summed E-state index contributed by atoms with van der Waals surface area (Å²) in [5, 5.41) is 0. The third-order valence-corrected chi connectivity index (χ3v) is 12.5. The van der Waals surface area contributed by atoms with Gasteiger partial charge in [0, 0.05) is 39.5 Å². The molecule has 2 nitrogen and oxygen atoms in total. The first kappa shape index (κ1) is 39.4. The molecule has 0 N–H and O–H groups in total. The van der Waals surface area contributed by atoms with E-state index in [0.717, 1.165) is 39.2 Å². The van der Waals surface area contributed by atoms with E-state index in [1.165, 1.54) is 32.0 Å². The number of rotatable bonds is 4. The van der Waals surface area contributed by atoms with E-state index in [0.29, 0.717) is 16.6 Å². The number of hydrogen-bond acceptors (Lipinski definition) is 3. The summed E-state index contributed by atoms with van der Waals surface area (Å²) in [6.07, 6.45) is 2.36. The highest BCUT2D eigenvalue weighted by Crippen LogP contribution is 2.46. The fraction of sp³-hybridized carbons (Fsp3) is 0.304. The fourth-order valence-corrected chi connectivity index (χ4v) is 8.97. The second-order valence-electron chi connectivity index (χ2n) is 18.5. The largest absolute Gasteiger partial charge is 0.318 e. The zero-order valence-corrected chi connectivity index (χ0v) is 35.1. The Labute approximate surface area is 341 Å². The number of nitrogens with zero attached hydrogens (tertiary/aromatic N) is 2. The van der Waals surface area contributed by atoms with Gasteiger partial charge in [-0.3, -0.25) is 0 Å². The quantitative estimate of drug-likeness (QED) is 0.214. The summed E-state index contributed by atoms with van der Waals surface area (Å²) in [6, 6.07) is 27.2. The number of fused-ring (bicyclic) bond motifs is 2. The van der Waals surface area contributed by atoms with Gasteiger partial charge in [-0.2, -0.15) is 0 Å². The highest BCUT2D eigenvalue weighted by Gasteiger charge is 2.43. The van der Waals surface area contributed by atoms with Gasteiger partial charge < -0.3 is 9.80 Å². The predicted octanol–water partition coefficient (Wildman–Crippen LogP) is 5.88. The Morgan fingerprint density at radius 3 is 1.62 bits per heavy atom. The van der Waals surface area contributed by atoms with E-state index in [1.807, 2.05) is 11.8 Å². The summed E-state index contributed by atoms with van der Waals surface area (Å²) >= 11 is 1.84. The normalized spacial score (nSPS) is 14.2. The summed E-state index contributed by atoms with van der Waals surface area (Å²) < 4.78 is 0. The molecular weight excluding hydrogens is 677 g/mol. The van der Waals surface area contributed by atoms with Gasteiger partial charge in [0.05, 0.1) is 0 Å². The van der Waals surface area contributed by atoms with Gasteiger partial charge in [-0.15, -0.1) is 28.2 Å². The third kappa shape index (κ3) is 6.87. The van der Waals surface area contributed by atoms with Crippen molar-refractivity contribution in [2.24, 2.45) is 0 Å². The van der Waals surface area contributed by atoms with Crippen LogP contribution in [0.4, 0.5) is 28.4 Å². The van der Waals surface area contributed by atoms with E-state index < -0.39 is 0 Å². The molecule has 2 aliphatic rings. The van der Waals surface area contributed by atoms with Crippen LogP contribution in [0, 0.1) is 13.8 Å². The first-order valence-electron chi connectivity index (χ1n) is 19.1. The topological polar surface area (TPSA) is 6.48 Å². The molecule has 0 bridgehead atoms. The zero-order chi connectivity index (χ0) is 40.1. The molecule has 10 radical (unpaired) electrons. The minimum atomic E-state index is -0.101. The molecule has 7 rings (SSSR count). The van der Waals surface area contributed by atoms with Gasteiger partial charge in [-0.25, -0.2) is 0 Å². The number of benzene rings is 5. The molecule has 0 spiro atoms. The fourth-order valence-electron chi connectivity index (χ4n) is 7.84. The van der Waals surface area contributed by atoms with Crippen LogP contribution in [0.3, 0.4) is 0 Å². The second-order valence-corrected chi connectivity index (χ2v) is 19.6. The van der Waals surface area contributed by atoms with Crippen molar-refractivity contribution in [2.75, 3.05) is 9.80 Å². The molecule has 9 heteroatoms. The van der Waals surface area contributed by atoms with Crippen LogP contribution in [0.1, 0.15) is 90.1 Å². The van der Waals surface area contributed by atoms with Crippen molar-refractivity contribution in [3.8, 4) is 0 Å². The number of thioether (sulfide) groups is 1. The maximum absolute atomic E-state index is 6.90. The maximum atomic E-state index is 6.90. The van der Waals surface area contributed by atoms with Gasteiger partial charge in [0.15, 0.2) is 0 Å². The van der Waals surface area contributed by atoms with E-state index in [2.05, 4.69) is 165 Å². The third-order valence-electron chi connectivity index (χ3n) is 11.2. The molecule has 0 amide bonds. The molecule has 5 aromatic carbocycles. The molecule has 0 atom stereocenters. The Morgan fingerprint density at radius 1 is 0.545 bits per heavy atom. The van der Waals surface area contributed by atoms with Gasteiger partial charge >= 0.3 is 0 Å². The molecular formula is C46H46B6N2S. The number of anilines is 5. The highest BCUT2D eigenvalue weighted by atomic mass is 32.2. The van der Waals surface area contributed by atoms with Crippen LogP contribution in [0.25, 0.3) is 0 Å². The van der Waals surface area contributed by atoms with E-state index in [-0.39, 0.29) is 39.3 Å². The summed E-state index contributed by atoms with van der Waals surface area (Å²) in [7, 11) is 33.3. The lowest BCUT2D eigenvalue weighted by atomic mass is 9.37. The molecule has 2 heterocycles. The molecule has 2 aliphatic heterocycles. The average molecular weight is 724 g/mol. The van der Waals surface area contributed by atoms with Crippen molar-refractivity contribution < 1.29 is 0 Å². The lowest BCUT2D eigenvalue weighted by Gasteiger charge is -2.44. The van der Waals surface area contributed by atoms with Crippen molar-refractivity contribution in [3.63, 3.8) is 0 Å². The van der Waals surface area contributed by atoms with Crippen molar-refractivity contribution in [1.82, 2.24) is 0 Å². The lowest BCUT2D eigenvalue weighted by molar-refractivity contribution is 0.589. The van der Waals surface area contributed by atoms with Crippen LogP contribution in [-0.2, 0) is 16.2 Å². The molecule has 0 aliphatic carbocycles. The molecule has 55 heavy (non-hydrogen) atoms. The number of hydrogen-bond donors (Lipinski definition) is 0. The van der Waals surface area contributed by atoms with E-state index in [9.17, 15) is 0 Å². The molecule has 0 aromatic heterocycles. The summed E-state index contributed by atoms with van der Waals surface area (Å²) in [6.45, 7) is 24.6. The highest BCUT2D eigenvalue weighted by molar-refractivity contribution is 8.05. The standard InChI is InChI=1S/C46H46B6N2S/c1-25-20-33-42-34(21-25)54(43-40(50)38(48)37(47)39(49)41(43)51)32-18-14-29(46(9,10)11)23-31(32)52(42)36(55-35-19-15-28(22-26(35)2)45(6,7)8)24-53(33)30-16-12-27(13-17-30)44(3,4)5/h12-24H,1-11H3. The van der Waals surface area contributed by atoms with Crippen LogP contribution in [-0.4, -0.2) is 45.9 Å². The molecule has 0 saturated carbocycles. The predicted molar refractivity (Wildman–Crippen MR) is 248 cm³/mol. The van der Waals surface area contributed by atoms with Crippen LogP contribution in [0.2, 0.25) is 0 Å². The second kappa shape index (κ2) is 13.7. The molecule has 264 valence electrons. The van der Waals surface area contributed by atoms with E-state index in [1.54, 1.807) is 0 Å². The van der Waals surface area contributed by atoms with Gasteiger partial charge in [-0.05, 0) is 110 Å². The monoisotopic (exact) mass is 724 g/mol. The molecule has 0 saturated heterocycles. The van der Waals surface area contributed by atoms with Crippen LogP contribution >= 0.6 is 11.8 Å². The first-order valence-corrected chi connectivity index (χ1v) is 19.9. The van der Waals surface area contributed by atoms with Gasteiger partial charge in [-0.1, -0.05) is 110 Å². The Balaban J connectivity index is 1.56. The number of aryl methyl sites for hydroxylation is 2. The molecule has 5 aromatic rings. The summed E-state index contributed by atoms with van der Waals surface area (Å²) in [5.41, 5.74) is 14.4. The van der Waals surface area contributed by atoms with Gasteiger partial charge in [0.1, 0.15) is 39.2 Å². The Morgan fingerprint density at radius 2 is 1.05 bits per heavy atom. The lowest BCUT2D eigenvalue weighted by Crippen LogP contribution is -2.59. The van der Waals surface area contributed by atoms with E-state index >= 15 is 0 Å². The summed E-state index contributed by atoms with van der Waals surface area (Å²) in [4.78, 5) is 6.96. The van der Waals surface area contributed by atoms with Crippen molar-refractivity contribution >= 4 is 124 Å². The Hall–Kier alpha value is -3.82. The smallest absolute Gasteiger partial charge is 0.259 e. The van der Waals surface area contributed by atoms with Crippen LogP contribution in [0.15, 0.2) is 88.7 Å². The van der Waals surface area contributed by atoms with Gasteiger partial charge in [0.2, 0.25) is 0 Å². The average Bonchev–Trinajstić information content (AvgIpc) is 3.10. The molecule has 0 fully saturated rings. The van der Waals surface area contributed by atoms with Crippen LogP contribution < -0.4 is 48.0 Å². The molecule has 0 unspecified atom stereocenters. The minimum absolute atomic E-state index is 0.0270. The summed E-state index contributed by atoms with van der Waals surface area (Å²) in [5.74, 6) is 0. The SMILES string of the molecule is [B]c1c([B])c([B])c(N2c3ccc(C(C)(C)C)cc3B3C(Sc4ccc(C(C)(C)C)cc4C)=CN(c4ccc(C(C)(C)C)cc4)c4cc(C)cc2c43)c([B])c1[B]. The van der Waals surface area contributed by atoms with Crippen molar-refractivity contribution in [1.29, 1.82) is 0 Å². The zero-order valence-electron chi connectivity index (χ0n) is 34.3. The van der Waals surface area contributed by atoms with Crippen LogP contribution in [0.5, 0.6) is 0 Å². The van der Waals surface area contributed by atoms with Gasteiger partial charge in [0.25, 0.3) is 6.71 Å². The minimum Gasteiger partial charge on any atom is -0.318 e. The first-order chi connectivity index (χ1) is 25.6.